The minimum absolute atomic E-state index is 0.0256. The zero-order valence-corrected chi connectivity index (χ0v) is 19.2. The van der Waals surface area contributed by atoms with Crippen LogP contribution in [0.4, 0.5) is 13.2 Å². The largest absolute Gasteiger partial charge is 0.573 e. The van der Waals surface area contributed by atoms with Gasteiger partial charge in [0.15, 0.2) is 0 Å². The van der Waals surface area contributed by atoms with Gasteiger partial charge in [-0.1, -0.05) is 17.3 Å². The molecule has 2 saturated heterocycles. The van der Waals surface area contributed by atoms with Gasteiger partial charge in [-0.15, -0.1) is 18.3 Å². The molecular formula is C25H24F3N5O3. The van der Waals surface area contributed by atoms with Crippen LogP contribution in [0.2, 0.25) is 0 Å². The van der Waals surface area contributed by atoms with Crippen molar-refractivity contribution in [2.75, 3.05) is 26.2 Å². The maximum atomic E-state index is 13.0. The van der Waals surface area contributed by atoms with Gasteiger partial charge in [-0.2, -0.15) is 0 Å². The molecule has 3 aromatic rings. The summed E-state index contributed by atoms with van der Waals surface area (Å²) in [7, 11) is 0. The highest BCUT2D eigenvalue weighted by Gasteiger charge is 2.37. The summed E-state index contributed by atoms with van der Waals surface area (Å²) in [6, 6.07) is 10.7. The van der Waals surface area contributed by atoms with Crippen molar-refractivity contribution in [1.82, 2.24) is 25.2 Å². The number of aromatic amines is 1. The van der Waals surface area contributed by atoms with Crippen LogP contribution < -0.4 is 4.74 Å². The minimum atomic E-state index is -4.74. The van der Waals surface area contributed by atoms with E-state index in [1.807, 2.05) is 9.80 Å². The molecule has 0 saturated carbocycles. The van der Waals surface area contributed by atoms with Crippen LogP contribution in [0.5, 0.6) is 5.75 Å². The summed E-state index contributed by atoms with van der Waals surface area (Å²) in [4.78, 5) is 29.5. The summed E-state index contributed by atoms with van der Waals surface area (Å²) in [5.74, 6) is 0.167. The molecular weight excluding hydrogens is 475 g/mol. The second kappa shape index (κ2) is 9.63. The third-order valence-electron chi connectivity index (χ3n) is 6.82. The zero-order chi connectivity index (χ0) is 25.3. The molecule has 0 radical (unpaired) electrons. The van der Waals surface area contributed by atoms with Crippen LogP contribution in [-0.4, -0.2) is 69.6 Å². The Morgan fingerprint density at radius 3 is 2.36 bits per heavy atom. The first kappa shape index (κ1) is 23.8. The van der Waals surface area contributed by atoms with Crippen LogP contribution >= 0.6 is 0 Å². The summed E-state index contributed by atoms with van der Waals surface area (Å²) in [6.07, 6.45) is -0.0800. The molecule has 1 N–H and O–H groups in total. The Labute approximate surface area is 204 Å². The molecule has 8 nitrogen and oxygen atoms in total. The predicted molar refractivity (Wildman–Crippen MR) is 125 cm³/mol. The highest BCUT2D eigenvalue weighted by molar-refractivity contribution is 5.97. The summed E-state index contributed by atoms with van der Waals surface area (Å²) < 4.78 is 40.7. The fourth-order valence-corrected chi connectivity index (χ4v) is 4.94. The van der Waals surface area contributed by atoms with E-state index in [0.29, 0.717) is 54.7 Å². The van der Waals surface area contributed by atoms with Crippen LogP contribution in [-0.2, 0) is 4.79 Å². The molecule has 0 spiro atoms. The van der Waals surface area contributed by atoms with E-state index in [9.17, 15) is 22.8 Å². The van der Waals surface area contributed by atoms with E-state index in [4.69, 9.17) is 0 Å². The highest BCUT2D eigenvalue weighted by atomic mass is 19.4. The maximum Gasteiger partial charge on any atom is 0.573 e. The van der Waals surface area contributed by atoms with Crippen molar-refractivity contribution in [1.29, 1.82) is 0 Å². The van der Waals surface area contributed by atoms with Gasteiger partial charge in [0, 0.05) is 37.8 Å². The SMILES string of the molecule is O=C(/C=C/c1ccc(OC(F)(F)F)cc1)N1CC2CCN(C(=O)c3ccc4[nH]nnc4c3)CCC2C1. The number of halogens is 3. The number of nitrogens with zero attached hydrogens (tertiary/aromatic N) is 4. The summed E-state index contributed by atoms with van der Waals surface area (Å²) in [5.41, 5.74) is 2.62. The maximum absolute atomic E-state index is 13.0. The van der Waals surface area contributed by atoms with Crippen molar-refractivity contribution >= 4 is 28.9 Å². The number of benzene rings is 2. The van der Waals surface area contributed by atoms with Crippen LogP contribution in [0.1, 0.15) is 28.8 Å². The van der Waals surface area contributed by atoms with Crippen molar-refractivity contribution in [3.8, 4) is 5.75 Å². The number of fused-ring (bicyclic) bond motifs is 2. The van der Waals surface area contributed by atoms with Crippen molar-refractivity contribution in [3.63, 3.8) is 0 Å². The van der Waals surface area contributed by atoms with Gasteiger partial charge in [0.05, 0.1) is 5.52 Å². The first-order chi connectivity index (χ1) is 17.2. The molecule has 2 unspecified atom stereocenters. The number of hydrogen-bond acceptors (Lipinski definition) is 5. The molecule has 3 heterocycles. The number of rotatable bonds is 4. The fraction of sp³-hybridized carbons (Fsp3) is 0.360. The number of aromatic nitrogens is 3. The smallest absolute Gasteiger partial charge is 0.406 e. The highest BCUT2D eigenvalue weighted by Crippen LogP contribution is 2.32. The Morgan fingerprint density at radius 2 is 1.69 bits per heavy atom. The molecule has 2 aromatic carbocycles. The van der Waals surface area contributed by atoms with Crippen molar-refractivity contribution in [3.05, 3.63) is 59.7 Å². The molecule has 1 aromatic heterocycles. The molecule has 2 atom stereocenters. The fourth-order valence-electron chi connectivity index (χ4n) is 4.94. The van der Waals surface area contributed by atoms with Gasteiger partial charge in [-0.25, -0.2) is 0 Å². The van der Waals surface area contributed by atoms with Crippen molar-refractivity contribution in [2.24, 2.45) is 11.8 Å². The normalized spacial score (nSPS) is 20.5. The Kier molecular flexibility index (Phi) is 6.38. The molecule has 2 fully saturated rings. The number of amides is 2. The number of nitrogens with one attached hydrogen (secondary N) is 1. The van der Waals surface area contributed by atoms with Gasteiger partial charge in [0.25, 0.3) is 5.91 Å². The molecule has 0 bridgehead atoms. The van der Waals surface area contributed by atoms with Crippen LogP contribution in [0, 0.1) is 11.8 Å². The standard InChI is InChI=1S/C25H24F3N5O3/c26-25(27,28)36-20-5-1-16(2-6-20)3-8-23(34)33-14-18-9-11-32(12-10-19(18)15-33)24(35)17-4-7-21-22(13-17)30-31-29-21/h1-8,13,18-19H,9-12,14-15H2,(H,29,30,31)/b8-3+. The molecule has 188 valence electrons. The van der Waals surface area contributed by atoms with Crippen LogP contribution in [0.3, 0.4) is 0 Å². The lowest BCUT2D eigenvalue weighted by Gasteiger charge is -2.22. The molecule has 0 aliphatic carbocycles. The van der Waals surface area contributed by atoms with Gasteiger partial charge in [0.2, 0.25) is 5.91 Å². The first-order valence-corrected chi connectivity index (χ1v) is 11.7. The van der Waals surface area contributed by atoms with Gasteiger partial charge in [-0.05, 0) is 66.6 Å². The van der Waals surface area contributed by atoms with E-state index < -0.39 is 6.36 Å². The Bertz CT molecular complexity index is 1270. The number of hydrogen-bond donors (Lipinski definition) is 1. The number of likely N-dealkylation sites (tertiary alicyclic amines) is 2. The quantitative estimate of drug-likeness (QED) is 0.551. The Balaban J connectivity index is 1.15. The monoisotopic (exact) mass is 499 g/mol. The average Bonchev–Trinajstić information content (AvgIpc) is 3.44. The van der Waals surface area contributed by atoms with Crippen LogP contribution in [0.25, 0.3) is 17.1 Å². The van der Waals surface area contributed by atoms with E-state index in [0.717, 1.165) is 18.4 Å². The summed E-state index contributed by atoms with van der Waals surface area (Å²) in [5, 5.41) is 10.5. The average molecular weight is 499 g/mol. The van der Waals surface area contributed by atoms with Gasteiger partial charge in [-0.3, -0.25) is 14.7 Å². The van der Waals surface area contributed by atoms with Crippen LogP contribution in [0.15, 0.2) is 48.5 Å². The number of carbonyl (C=O) groups excluding carboxylic acids is 2. The van der Waals surface area contributed by atoms with Crippen molar-refractivity contribution < 1.29 is 27.5 Å². The van der Waals surface area contributed by atoms with Gasteiger partial charge < -0.3 is 14.5 Å². The molecule has 5 rings (SSSR count). The minimum Gasteiger partial charge on any atom is -0.406 e. The first-order valence-electron chi connectivity index (χ1n) is 11.7. The number of ether oxygens (including phenoxy) is 1. The number of H-pyrrole nitrogens is 1. The molecule has 2 aliphatic heterocycles. The lowest BCUT2D eigenvalue weighted by molar-refractivity contribution is -0.274. The lowest BCUT2D eigenvalue weighted by atomic mass is 9.92. The van der Waals surface area contributed by atoms with E-state index >= 15 is 0 Å². The van der Waals surface area contributed by atoms with E-state index in [-0.39, 0.29) is 17.6 Å². The predicted octanol–water partition coefficient (Wildman–Crippen LogP) is 3.88. The number of alkyl halides is 3. The molecule has 2 aliphatic rings. The van der Waals surface area contributed by atoms with E-state index in [2.05, 4.69) is 20.1 Å². The second-order valence-corrected chi connectivity index (χ2v) is 9.13. The molecule has 36 heavy (non-hydrogen) atoms. The third kappa shape index (κ3) is 5.34. The zero-order valence-electron chi connectivity index (χ0n) is 19.2. The van der Waals surface area contributed by atoms with E-state index in [1.165, 1.54) is 30.3 Å². The Hall–Kier alpha value is -3.89. The lowest BCUT2D eigenvalue weighted by Crippen LogP contribution is -2.33. The molecule has 2 amide bonds. The van der Waals surface area contributed by atoms with Crippen molar-refractivity contribution in [2.45, 2.75) is 19.2 Å². The number of carbonyl (C=O) groups is 2. The Morgan fingerprint density at radius 1 is 1.00 bits per heavy atom. The topological polar surface area (TPSA) is 91.4 Å². The summed E-state index contributed by atoms with van der Waals surface area (Å²) in [6.45, 7) is 2.50. The van der Waals surface area contributed by atoms with E-state index in [1.54, 1.807) is 24.3 Å². The molecule has 11 heteroatoms. The van der Waals surface area contributed by atoms with Gasteiger partial charge in [0.1, 0.15) is 11.3 Å². The third-order valence-corrected chi connectivity index (χ3v) is 6.82. The second-order valence-electron chi connectivity index (χ2n) is 9.13. The summed E-state index contributed by atoms with van der Waals surface area (Å²) >= 11 is 0. The van der Waals surface area contributed by atoms with Gasteiger partial charge >= 0.3 is 6.36 Å².